The molecule has 0 saturated carbocycles. The van der Waals surface area contributed by atoms with Crippen LogP contribution in [-0.2, 0) is 14.3 Å². The number of aryl methyl sites for hydroxylation is 3. The van der Waals surface area contributed by atoms with E-state index in [9.17, 15) is 4.79 Å². The van der Waals surface area contributed by atoms with Crippen molar-refractivity contribution in [3.8, 4) is 0 Å². The Morgan fingerprint density at radius 3 is 2.60 bits per heavy atom. The monoisotopic (exact) mass is 294 g/mol. The lowest BCUT2D eigenvalue weighted by atomic mass is 10.1. The number of rotatable bonds is 4. The van der Waals surface area contributed by atoms with Gasteiger partial charge in [0.1, 0.15) is 0 Å². The van der Waals surface area contributed by atoms with Crippen LogP contribution in [0.15, 0.2) is 17.0 Å². The van der Waals surface area contributed by atoms with E-state index in [0.29, 0.717) is 18.5 Å². The van der Waals surface area contributed by atoms with Gasteiger partial charge in [-0.3, -0.25) is 0 Å². The molecule has 1 aromatic rings. The largest absolute Gasteiger partial charge is 0.464 e. The van der Waals surface area contributed by atoms with E-state index in [1.54, 1.807) is 0 Å². The number of carbonyl (C=O) groups excluding carboxylic acids is 1. The minimum Gasteiger partial charge on any atom is -0.464 e. The second kappa shape index (κ2) is 6.64. The maximum absolute atomic E-state index is 11.7. The molecule has 1 aliphatic rings. The summed E-state index contributed by atoms with van der Waals surface area (Å²) >= 11 is 1.82. The quantitative estimate of drug-likeness (QED) is 0.797. The van der Waals surface area contributed by atoms with Gasteiger partial charge in [0.25, 0.3) is 0 Å². The molecule has 4 heteroatoms. The van der Waals surface area contributed by atoms with Gasteiger partial charge in [-0.1, -0.05) is 17.7 Å². The zero-order chi connectivity index (χ0) is 14.7. The molecule has 3 nitrogen and oxygen atoms in total. The Hall–Kier alpha value is -1.00. The van der Waals surface area contributed by atoms with Crippen molar-refractivity contribution in [3.05, 3.63) is 28.8 Å². The molecule has 2 rings (SSSR count). The molecule has 1 aliphatic heterocycles. The summed E-state index contributed by atoms with van der Waals surface area (Å²) in [5.41, 5.74) is 3.88. The Balaban J connectivity index is 2.01. The normalized spacial score (nSPS) is 22.0. The van der Waals surface area contributed by atoms with Crippen LogP contribution in [-0.4, -0.2) is 30.5 Å². The number of hydrogen-bond acceptors (Lipinski definition) is 4. The van der Waals surface area contributed by atoms with Crippen LogP contribution < -0.4 is 0 Å². The molecule has 0 amide bonds. The standard InChI is InChI=1S/C16H22O3S/c1-5-18-16(17)14-8-13(9-19-14)20-15-11(3)6-10(2)7-12(15)4/h6-7,13-14H,5,8-9H2,1-4H3. The van der Waals surface area contributed by atoms with Crippen molar-refractivity contribution in [2.45, 2.75) is 50.4 Å². The highest BCUT2D eigenvalue weighted by atomic mass is 32.2. The Morgan fingerprint density at radius 1 is 1.35 bits per heavy atom. The van der Waals surface area contributed by atoms with E-state index in [1.165, 1.54) is 21.6 Å². The molecule has 0 aliphatic carbocycles. The van der Waals surface area contributed by atoms with Gasteiger partial charge in [0.15, 0.2) is 6.10 Å². The van der Waals surface area contributed by atoms with Crippen LogP contribution >= 0.6 is 11.8 Å². The van der Waals surface area contributed by atoms with Gasteiger partial charge in [0.2, 0.25) is 0 Å². The van der Waals surface area contributed by atoms with E-state index in [2.05, 4.69) is 32.9 Å². The zero-order valence-electron chi connectivity index (χ0n) is 12.6. The second-order valence-electron chi connectivity index (χ2n) is 5.28. The summed E-state index contributed by atoms with van der Waals surface area (Å²) in [6, 6.07) is 4.40. The van der Waals surface area contributed by atoms with Gasteiger partial charge in [-0.2, -0.15) is 0 Å². The molecule has 0 N–H and O–H groups in total. The maximum atomic E-state index is 11.7. The molecule has 0 radical (unpaired) electrons. The predicted octanol–water partition coefficient (Wildman–Crippen LogP) is 3.42. The Morgan fingerprint density at radius 2 is 2.00 bits per heavy atom. The lowest BCUT2D eigenvalue weighted by Crippen LogP contribution is -2.22. The lowest BCUT2D eigenvalue weighted by molar-refractivity contribution is -0.153. The van der Waals surface area contributed by atoms with Gasteiger partial charge >= 0.3 is 5.97 Å². The number of carbonyl (C=O) groups is 1. The summed E-state index contributed by atoms with van der Waals surface area (Å²) in [5.74, 6) is -0.229. The zero-order valence-corrected chi connectivity index (χ0v) is 13.4. The average Bonchev–Trinajstić information content (AvgIpc) is 2.82. The third-order valence-corrected chi connectivity index (χ3v) is 4.94. The van der Waals surface area contributed by atoms with Crippen LogP contribution in [0.3, 0.4) is 0 Å². The van der Waals surface area contributed by atoms with Gasteiger partial charge in [-0.15, -0.1) is 11.8 Å². The van der Waals surface area contributed by atoms with Crippen molar-refractivity contribution < 1.29 is 14.3 Å². The van der Waals surface area contributed by atoms with Crippen LogP contribution in [0.1, 0.15) is 30.0 Å². The number of benzene rings is 1. The first-order valence-electron chi connectivity index (χ1n) is 7.04. The van der Waals surface area contributed by atoms with Crippen molar-refractivity contribution >= 4 is 17.7 Å². The maximum Gasteiger partial charge on any atom is 0.335 e. The molecule has 20 heavy (non-hydrogen) atoms. The Labute approximate surface area is 125 Å². The molecule has 0 aromatic heterocycles. The fourth-order valence-corrected chi connectivity index (χ4v) is 3.84. The van der Waals surface area contributed by atoms with E-state index in [-0.39, 0.29) is 5.97 Å². The summed E-state index contributed by atoms with van der Waals surface area (Å²) in [5, 5.41) is 0.324. The predicted molar refractivity (Wildman–Crippen MR) is 81.3 cm³/mol. The van der Waals surface area contributed by atoms with Crippen molar-refractivity contribution in [1.29, 1.82) is 0 Å². The van der Waals surface area contributed by atoms with Crippen molar-refractivity contribution in [2.24, 2.45) is 0 Å². The SMILES string of the molecule is CCOC(=O)C1CC(Sc2c(C)cc(C)cc2C)CO1. The number of esters is 1. The minimum absolute atomic E-state index is 0.229. The molecule has 110 valence electrons. The first kappa shape index (κ1) is 15.4. The van der Waals surface area contributed by atoms with E-state index >= 15 is 0 Å². The van der Waals surface area contributed by atoms with Gasteiger partial charge in [-0.05, 0) is 45.2 Å². The van der Waals surface area contributed by atoms with Crippen molar-refractivity contribution in [1.82, 2.24) is 0 Å². The number of ether oxygens (including phenoxy) is 2. The molecule has 0 bridgehead atoms. The van der Waals surface area contributed by atoms with Crippen LogP contribution in [0.4, 0.5) is 0 Å². The first-order valence-corrected chi connectivity index (χ1v) is 7.92. The highest BCUT2D eigenvalue weighted by Gasteiger charge is 2.32. The van der Waals surface area contributed by atoms with Crippen molar-refractivity contribution in [3.63, 3.8) is 0 Å². The Bertz CT molecular complexity index is 475. The molecule has 2 atom stereocenters. The van der Waals surface area contributed by atoms with Crippen LogP contribution in [0.2, 0.25) is 0 Å². The molecule has 1 aromatic carbocycles. The number of hydrogen-bond donors (Lipinski definition) is 0. The fourth-order valence-electron chi connectivity index (χ4n) is 2.60. The van der Waals surface area contributed by atoms with Crippen molar-refractivity contribution in [2.75, 3.05) is 13.2 Å². The van der Waals surface area contributed by atoms with Crippen LogP contribution in [0, 0.1) is 20.8 Å². The van der Waals surface area contributed by atoms with E-state index in [4.69, 9.17) is 9.47 Å². The molecule has 1 heterocycles. The summed E-state index contributed by atoms with van der Waals surface area (Å²) in [4.78, 5) is 13.0. The summed E-state index contributed by atoms with van der Waals surface area (Å²) in [7, 11) is 0. The Kier molecular flexibility index (Phi) is 5.11. The number of thioether (sulfide) groups is 1. The van der Waals surface area contributed by atoms with Gasteiger partial charge in [0, 0.05) is 10.1 Å². The van der Waals surface area contributed by atoms with E-state index in [0.717, 1.165) is 6.42 Å². The molecule has 1 fully saturated rings. The third kappa shape index (κ3) is 3.55. The average molecular weight is 294 g/mol. The summed E-state index contributed by atoms with van der Waals surface area (Å²) < 4.78 is 10.6. The van der Waals surface area contributed by atoms with Gasteiger partial charge in [0.05, 0.1) is 13.2 Å². The van der Waals surface area contributed by atoms with E-state index < -0.39 is 6.10 Å². The highest BCUT2D eigenvalue weighted by molar-refractivity contribution is 8.00. The van der Waals surface area contributed by atoms with Crippen LogP contribution in [0.25, 0.3) is 0 Å². The molecular weight excluding hydrogens is 272 g/mol. The second-order valence-corrected chi connectivity index (χ2v) is 6.59. The lowest BCUT2D eigenvalue weighted by Gasteiger charge is -2.14. The third-order valence-electron chi connectivity index (χ3n) is 3.40. The molecule has 0 spiro atoms. The smallest absolute Gasteiger partial charge is 0.335 e. The molecule has 2 unspecified atom stereocenters. The molecular formula is C16H22O3S. The summed E-state index contributed by atoms with van der Waals surface area (Å²) in [6.07, 6.45) is 0.342. The van der Waals surface area contributed by atoms with Gasteiger partial charge in [-0.25, -0.2) is 4.79 Å². The minimum atomic E-state index is -0.390. The molecule has 1 saturated heterocycles. The fraction of sp³-hybridized carbons (Fsp3) is 0.562. The van der Waals surface area contributed by atoms with Gasteiger partial charge < -0.3 is 9.47 Å². The highest BCUT2D eigenvalue weighted by Crippen LogP contribution is 2.35. The topological polar surface area (TPSA) is 35.5 Å². The first-order chi connectivity index (χ1) is 9.51. The van der Waals surface area contributed by atoms with Crippen LogP contribution in [0.5, 0.6) is 0 Å². The summed E-state index contributed by atoms with van der Waals surface area (Å²) in [6.45, 7) is 9.23. The van der Waals surface area contributed by atoms with E-state index in [1.807, 2.05) is 18.7 Å².